The van der Waals surface area contributed by atoms with Gasteiger partial charge in [-0.15, -0.1) is 0 Å². The highest BCUT2D eigenvalue weighted by Crippen LogP contribution is 2.29. The Morgan fingerprint density at radius 2 is 1.88 bits per heavy atom. The number of rotatable bonds is 5. The number of aromatic nitrogens is 3. The van der Waals surface area contributed by atoms with Crippen LogP contribution in [0.25, 0.3) is 11.0 Å². The summed E-state index contributed by atoms with van der Waals surface area (Å²) in [5, 5.41) is 3.56. The van der Waals surface area contributed by atoms with Crippen molar-refractivity contribution in [3.8, 4) is 0 Å². The molecule has 0 unspecified atom stereocenters. The van der Waals surface area contributed by atoms with Gasteiger partial charge in [0.15, 0.2) is 5.82 Å². The first kappa shape index (κ1) is 16.5. The number of hydrogen-bond donors (Lipinski definition) is 1. The maximum atomic E-state index is 4.52. The second kappa shape index (κ2) is 6.63. The van der Waals surface area contributed by atoms with E-state index in [1.54, 1.807) is 6.33 Å². The molecule has 0 amide bonds. The van der Waals surface area contributed by atoms with Gasteiger partial charge in [0.05, 0.1) is 5.52 Å². The van der Waals surface area contributed by atoms with E-state index in [1.807, 2.05) is 6.07 Å². The van der Waals surface area contributed by atoms with Crippen LogP contribution in [0.5, 0.6) is 0 Å². The molecule has 126 valence electrons. The molecule has 3 aromatic rings. The fourth-order valence-corrected chi connectivity index (χ4v) is 3.10. The van der Waals surface area contributed by atoms with Crippen molar-refractivity contribution in [2.75, 3.05) is 5.32 Å². The minimum Gasteiger partial charge on any atom is -0.341 e. The second-order valence-electron chi connectivity index (χ2n) is 7.16. The van der Waals surface area contributed by atoms with Crippen LogP contribution in [0, 0.1) is 12.8 Å². The highest BCUT2D eigenvalue weighted by atomic mass is 15.1. The van der Waals surface area contributed by atoms with Gasteiger partial charge < -0.3 is 9.88 Å². The predicted molar refractivity (Wildman–Crippen MR) is 101 cm³/mol. The molecule has 2 aromatic heterocycles. The number of nitrogens with zero attached hydrogens (tertiary/aromatic N) is 3. The lowest BCUT2D eigenvalue weighted by atomic mass is 9.99. The van der Waals surface area contributed by atoms with E-state index in [4.69, 9.17) is 0 Å². The normalized spacial score (nSPS) is 11.6. The van der Waals surface area contributed by atoms with Crippen molar-refractivity contribution in [2.45, 2.75) is 47.1 Å². The largest absolute Gasteiger partial charge is 0.341 e. The molecule has 0 saturated carbocycles. The standard InChI is InChI=1S/C20H26N4/c1-13(2)10-16-11-15(5)6-7-17(16)23-20-19-18(21-12-22-20)8-9-24(19)14(3)4/h6-9,11-14H,10H2,1-5H3,(H,21,22,23). The molecule has 4 nitrogen and oxygen atoms in total. The molecule has 0 atom stereocenters. The van der Waals surface area contributed by atoms with Crippen molar-refractivity contribution in [3.63, 3.8) is 0 Å². The van der Waals surface area contributed by atoms with Gasteiger partial charge in [-0.25, -0.2) is 9.97 Å². The number of aryl methyl sites for hydroxylation is 1. The van der Waals surface area contributed by atoms with Crippen LogP contribution in [0.3, 0.4) is 0 Å². The van der Waals surface area contributed by atoms with E-state index in [0.717, 1.165) is 29.0 Å². The Morgan fingerprint density at radius 3 is 2.58 bits per heavy atom. The van der Waals surface area contributed by atoms with Crippen LogP contribution in [0.15, 0.2) is 36.8 Å². The summed E-state index contributed by atoms with van der Waals surface area (Å²) in [4.78, 5) is 8.92. The number of nitrogens with one attached hydrogen (secondary N) is 1. The molecule has 0 aliphatic rings. The lowest BCUT2D eigenvalue weighted by Crippen LogP contribution is -2.05. The molecule has 2 heterocycles. The summed E-state index contributed by atoms with van der Waals surface area (Å²) < 4.78 is 2.22. The zero-order valence-corrected chi connectivity index (χ0v) is 15.2. The van der Waals surface area contributed by atoms with Crippen LogP contribution >= 0.6 is 0 Å². The SMILES string of the molecule is Cc1ccc(Nc2ncnc3ccn(C(C)C)c23)c(CC(C)C)c1. The Bertz CT molecular complexity index is 846. The molecule has 0 saturated heterocycles. The summed E-state index contributed by atoms with van der Waals surface area (Å²) in [5.74, 6) is 1.48. The molecule has 1 N–H and O–H groups in total. The van der Waals surface area contributed by atoms with Crippen LogP contribution in [-0.2, 0) is 6.42 Å². The molecule has 0 radical (unpaired) electrons. The van der Waals surface area contributed by atoms with Crippen LogP contribution in [0.1, 0.15) is 44.9 Å². The van der Waals surface area contributed by atoms with Crippen LogP contribution in [-0.4, -0.2) is 14.5 Å². The summed E-state index contributed by atoms with van der Waals surface area (Å²) in [5.41, 5.74) is 5.78. The summed E-state index contributed by atoms with van der Waals surface area (Å²) in [6.45, 7) is 11.0. The average Bonchev–Trinajstić information content (AvgIpc) is 2.94. The van der Waals surface area contributed by atoms with Crippen molar-refractivity contribution in [2.24, 2.45) is 5.92 Å². The minimum atomic E-state index is 0.363. The highest BCUT2D eigenvalue weighted by molar-refractivity contribution is 5.88. The maximum absolute atomic E-state index is 4.52. The molecule has 0 fully saturated rings. The monoisotopic (exact) mass is 322 g/mol. The highest BCUT2D eigenvalue weighted by Gasteiger charge is 2.13. The summed E-state index contributed by atoms with van der Waals surface area (Å²) in [7, 11) is 0. The zero-order chi connectivity index (χ0) is 17.3. The van der Waals surface area contributed by atoms with Crippen LogP contribution in [0.4, 0.5) is 11.5 Å². The first-order chi connectivity index (χ1) is 11.5. The number of hydrogen-bond acceptors (Lipinski definition) is 3. The topological polar surface area (TPSA) is 42.7 Å². The Labute approximate surface area is 143 Å². The third-order valence-electron chi connectivity index (χ3n) is 4.20. The Balaban J connectivity index is 2.06. The fraction of sp³-hybridized carbons (Fsp3) is 0.400. The van der Waals surface area contributed by atoms with Gasteiger partial charge in [0, 0.05) is 17.9 Å². The molecule has 4 heteroatoms. The molecule has 1 aromatic carbocycles. The van der Waals surface area contributed by atoms with Gasteiger partial charge in [-0.05, 0) is 50.8 Å². The molecular formula is C20H26N4. The number of benzene rings is 1. The Hall–Kier alpha value is -2.36. The number of fused-ring (bicyclic) bond motifs is 1. The van der Waals surface area contributed by atoms with Gasteiger partial charge in [-0.2, -0.15) is 0 Å². The smallest absolute Gasteiger partial charge is 0.158 e. The molecule has 0 aliphatic heterocycles. The molecule has 0 bridgehead atoms. The third-order valence-corrected chi connectivity index (χ3v) is 4.20. The van der Waals surface area contributed by atoms with Crippen LogP contribution in [0.2, 0.25) is 0 Å². The van der Waals surface area contributed by atoms with E-state index < -0.39 is 0 Å². The Morgan fingerprint density at radius 1 is 1.08 bits per heavy atom. The quantitative estimate of drug-likeness (QED) is 0.696. The second-order valence-corrected chi connectivity index (χ2v) is 7.16. The lowest BCUT2D eigenvalue weighted by molar-refractivity contribution is 0.622. The summed E-state index contributed by atoms with van der Waals surface area (Å²) in [6, 6.07) is 8.98. The molecular weight excluding hydrogens is 296 g/mol. The first-order valence-electron chi connectivity index (χ1n) is 8.63. The van der Waals surface area contributed by atoms with Crippen LogP contribution < -0.4 is 5.32 Å². The van der Waals surface area contributed by atoms with Gasteiger partial charge >= 0.3 is 0 Å². The number of anilines is 2. The molecule has 0 aliphatic carbocycles. The zero-order valence-electron chi connectivity index (χ0n) is 15.2. The van der Waals surface area contributed by atoms with E-state index in [-0.39, 0.29) is 0 Å². The molecule has 0 spiro atoms. The van der Waals surface area contributed by atoms with Crippen molar-refractivity contribution in [3.05, 3.63) is 47.9 Å². The lowest BCUT2D eigenvalue weighted by Gasteiger charge is -2.16. The van der Waals surface area contributed by atoms with Crippen molar-refractivity contribution in [1.29, 1.82) is 0 Å². The maximum Gasteiger partial charge on any atom is 0.158 e. The fourth-order valence-electron chi connectivity index (χ4n) is 3.10. The van der Waals surface area contributed by atoms with Crippen molar-refractivity contribution < 1.29 is 0 Å². The van der Waals surface area contributed by atoms with Gasteiger partial charge in [0.1, 0.15) is 11.8 Å². The predicted octanol–water partition coefficient (Wildman–Crippen LogP) is 5.26. The summed E-state index contributed by atoms with van der Waals surface area (Å²) in [6.07, 6.45) is 4.76. The van der Waals surface area contributed by atoms with Gasteiger partial charge in [-0.1, -0.05) is 31.5 Å². The first-order valence-corrected chi connectivity index (χ1v) is 8.63. The Kier molecular flexibility index (Phi) is 4.56. The van der Waals surface area contributed by atoms with Crippen molar-refractivity contribution >= 4 is 22.5 Å². The van der Waals surface area contributed by atoms with Gasteiger partial charge in [-0.3, -0.25) is 0 Å². The van der Waals surface area contributed by atoms with E-state index in [2.05, 4.69) is 78.9 Å². The molecule has 3 rings (SSSR count). The van der Waals surface area contributed by atoms with Gasteiger partial charge in [0.25, 0.3) is 0 Å². The average molecular weight is 322 g/mol. The molecule has 24 heavy (non-hydrogen) atoms. The third kappa shape index (κ3) is 3.28. The van der Waals surface area contributed by atoms with E-state index in [9.17, 15) is 0 Å². The van der Waals surface area contributed by atoms with E-state index in [0.29, 0.717) is 12.0 Å². The van der Waals surface area contributed by atoms with Gasteiger partial charge in [0.2, 0.25) is 0 Å². The van der Waals surface area contributed by atoms with E-state index >= 15 is 0 Å². The summed E-state index contributed by atoms with van der Waals surface area (Å²) >= 11 is 0. The minimum absolute atomic E-state index is 0.363. The van der Waals surface area contributed by atoms with Crippen molar-refractivity contribution in [1.82, 2.24) is 14.5 Å². The van der Waals surface area contributed by atoms with E-state index in [1.165, 1.54) is 11.1 Å².